The first-order chi connectivity index (χ1) is 13.7. The molecule has 0 heterocycles. The summed E-state index contributed by atoms with van der Waals surface area (Å²) in [7, 11) is 0. The minimum Gasteiger partial charge on any atom is -0.0990 e. The van der Waals surface area contributed by atoms with E-state index in [1.165, 1.54) is 56.1 Å². The van der Waals surface area contributed by atoms with Crippen LogP contribution in [0, 0.1) is 40.9 Å². The highest BCUT2D eigenvalue weighted by Gasteiger charge is 2.49. The Morgan fingerprint density at radius 3 is 2.59 bits per heavy atom. The molecule has 0 amide bonds. The minimum absolute atomic E-state index is 0.515. The summed E-state index contributed by atoms with van der Waals surface area (Å²) in [6, 6.07) is 0. The van der Waals surface area contributed by atoms with E-state index in [9.17, 15) is 0 Å². The third-order valence-corrected chi connectivity index (χ3v) is 8.72. The largest absolute Gasteiger partial charge is 0.0990 e. The number of fused-ring (bicyclic) bond motifs is 1. The second-order valence-corrected chi connectivity index (χ2v) is 11.3. The summed E-state index contributed by atoms with van der Waals surface area (Å²) in [6.07, 6.45) is 20.8. The van der Waals surface area contributed by atoms with Crippen LogP contribution in [0.5, 0.6) is 0 Å². The Hall–Kier alpha value is -1.04. The molecular weight excluding hydrogens is 348 g/mol. The molecule has 0 aliphatic heterocycles. The van der Waals surface area contributed by atoms with Gasteiger partial charge < -0.3 is 0 Å². The topological polar surface area (TPSA) is 0 Å². The first-order valence-corrected chi connectivity index (χ1v) is 12.5. The highest BCUT2D eigenvalue weighted by molar-refractivity contribution is 5.36. The van der Waals surface area contributed by atoms with Crippen molar-refractivity contribution in [1.82, 2.24) is 0 Å². The molecular formula is C29H46. The van der Waals surface area contributed by atoms with Crippen molar-refractivity contribution >= 4 is 0 Å². The fourth-order valence-corrected chi connectivity index (χ4v) is 6.79. The number of rotatable bonds is 7. The zero-order valence-electron chi connectivity index (χ0n) is 20.1. The first kappa shape index (κ1) is 22.6. The molecule has 0 aromatic rings. The molecule has 0 aromatic carbocycles. The van der Waals surface area contributed by atoms with Crippen LogP contribution in [0.3, 0.4) is 0 Å². The third-order valence-electron chi connectivity index (χ3n) is 8.72. The Morgan fingerprint density at radius 1 is 1.14 bits per heavy atom. The molecule has 0 saturated heterocycles. The maximum Gasteiger partial charge on any atom is -0.00457 e. The molecule has 3 rings (SSSR count). The average Bonchev–Trinajstić information content (AvgIpc) is 3.01. The Labute approximate surface area is 181 Å². The molecule has 0 N–H and O–H groups in total. The van der Waals surface area contributed by atoms with Crippen LogP contribution in [-0.4, -0.2) is 0 Å². The lowest BCUT2D eigenvalue weighted by Gasteiger charge is -2.43. The molecule has 0 nitrogen and oxygen atoms in total. The van der Waals surface area contributed by atoms with Gasteiger partial charge in [0, 0.05) is 0 Å². The summed E-state index contributed by atoms with van der Waals surface area (Å²) >= 11 is 0. The van der Waals surface area contributed by atoms with E-state index >= 15 is 0 Å². The molecule has 1 unspecified atom stereocenters. The summed E-state index contributed by atoms with van der Waals surface area (Å²) in [4.78, 5) is 0. The summed E-state index contributed by atoms with van der Waals surface area (Å²) in [5.41, 5.74) is 5.07. The molecule has 0 spiro atoms. The fourth-order valence-electron chi connectivity index (χ4n) is 6.79. The SMILES string of the molecule is C=C1[C@H](C)C=C(/C=C\C2=CCC[C@]3(C)[C@@H](C(C)CCCC(C)C)CC[C@@H]23)C[C@H]1C. The zero-order valence-corrected chi connectivity index (χ0v) is 20.1. The van der Waals surface area contributed by atoms with Crippen LogP contribution < -0.4 is 0 Å². The van der Waals surface area contributed by atoms with Gasteiger partial charge >= 0.3 is 0 Å². The van der Waals surface area contributed by atoms with Gasteiger partial charge in [0.05, 0.1) is 0 Å². The molecule has 1 fully saturated rings. The van der Waals surface area contributed by atoms with Crippen molar-refractivity contribution in [1.29, 1.82) is 0 Å². The van der Waals surface area contributed by atoms with Crippen molar-refractivity contribution in [3.8, 4) is 0 Å². The van der Waals surface area contributed by atoms with Crippen LogP contribution in [0.4, 0.5) is 0 Å². The summed E-state index contributed by atoms with van der Waals surface area (Å²) in [5.74, 6) is 4.54. The van der Waals surface area contributed by atoms with Crippen LogP contribution in [0.25, 0.3) is 0 Å². The van der Waals surface area contributed by atoms with E-state index in [1.54, 1.807) is 5.57 Å². The number of hydrogen-bond donors (Lipinski definition) is 0. The van der Waals surface area contributed by atoms with Gasteiger partial charge in [0.15, 0.2) is 0 Å². The molecule has 162 valence electrons. The van der Waals surface area contributed by atoms with Crippen LogP contribution in [-0.2, 0) is 0 Å². The van der Waals surface area contributed by atoms with Gasteiger partial charge in [-0.3, -0.25) is 0 Å². The van der Waals surface area contributed by atoms with Gasteiger partial charge in [0.1, 0.15) is 0 Å². The number of allylic oxidation sites excluding steroid dienone is 7. The molecule has 0 radical (unpaired) electrons. The molecule has 6 atom stereocenters. The van der Waals surface area contributed by atoms with Gasteiger partial charge in [-0.2, -0.15) is 0 Å². The Kier molecular flexibility index (Phi) is 7.34. The quantitative estimate of drug-likeness (QED) is 0.378. The third kappa shape index (κ3) is 5.00. The summed E-state index contributed by atoms with van der Waals surface area (Å²) in [6.45, 7) is 18.8. The van der Waals surface area contributed by atoms with Crippen molar-refractivity contribution in [2.75, 3.05) is 0 Å². The average molecular weight is 395 g/mol. The van der Waals surface area contributed by atoms with Crippen LogP contribution in [0.1, 0.15) is 92.9 Å². The molecule has 3 aliphatic rings. The minimum atomic E-state index is 0.515. The zero-order chi connectivity index (χ0) is 21.2. The van der Waals surface area contributed by atoms with E-state index in [0.29, 0.717) is 17.3 Å². The summed E-state index contributed by atoms with van der Waals surface area (Å²) < 4.78 is 0. The molecule has 3 aliphatic carbocycles. The number of hydrogen-bond acceptors (Lipinski definition) is 0. The Bertz CT molecular complexity index is 672. The molecule has 0 aromatic heterocycles. The lowest BCUT2D eigenvalue weighted by Crippen LogP contribution is -2.35. The van der Waals surface area contributed by atoms with E-state index in [4.69, 9.17) is 0 Å². The van der Waals surface area contributed by atoms with Crippen LogP contribution >= 0.6 is 0 Å². The fraction of sp³-hybridized carbons (Fsp3) is 0.724. The molecule has 1 saturated carbocycles. The highest BCUT2D eigenvalue weighted by Crippen LogP contribution is 2.58. The van der Waals surface area contributed by atoms with Crippen LogP contribution in [0.2, 0.25) is 0 Å². The predicted octanol–water partition coefficient (Wildman–Crippen LogP) is 8.92. The van der Waals surface area contributed by atoms with Crippen molar-refractivity contribution in [3.63, 3.8) is 0 Å². The normalized spacial score (nSPS) is 36.3. The van der Waals surface area contributed by atoms with Gasteiger partial charge in [0.2, 0.25) is 0 Å². The van der Waals surface area contributed by atoms with E-state index in [2.05, 4.69) is 72.4 Å². The second-order valence-electron chi connectivity index (χ2n) is 11.3. The van der Waals surface area contributed by atoms with E-state index in [1.807, 2.05) is 0 Å². The first-order valence-electron chi connectivity index (χ1n) is 12.5. The maximum atomic E-state index is 4.29. The molecule has 0 heteroatoms. The van der Waals surface area contributed by atoms with Gasteiger partial charge in [-0.1, -0.05) is 103 Å². The van der Waals surface area contributed by atoms with E-state index in [-0.39, 0.29) is 0 Å². The van der Waals surface area contributed by atoms with Gasteiger partial charge in [-0.15, -0.1) is 0 Å². The smallest absolute Gasteiger partial charge is 0.00457 e. The highest BCUT2D eigenvalue weighted by atomic mass is 14.5. The Balaban J connectivity index is 1.67. The van der Waals surface area contributed by atoms with Gasteiger partial charge in [0.25, 0.3) is 0 Å². The summed E-state index contributed by atoms with van der Waals surface area (Å²) in [5, 5.41) is 0. The lowest BCUT2D eigenvalue weighted by atomic mass is 9.62. The standard InChI is InChI=1S/C29H46/c1-20(2)10-8-11-21(3)27-15-16-28-26(12-9-17-29(27,28)7)14-13-25-18-22(4)24(6)23(5)19-25/h12-14,18,20-23,27-28H,6,8-11,15-17,19H2,1-5,7H3/b14-13-/t21?,22-,23-,27-,28+,29-/m1/s1. The van der Waals surface area contributed by atoms with Crippen molar-refractivity contribution in [3.05, 3.63) is 47.6 Å². The monoisotopic (exact) mass is 394 g/mol. The predicted molar refractivity (Wildman–Crippen MR) is 129 cm³/mol. The van der Waals surface area contributed by atoms with E-state index < -0.39 is 0 Å². The van der Waals surface area contributed by atoms with Crippen LogP contribution in [0.15, 0.2) is 47.6 Å². The van der Waals surface area contributed by atoms with Crippen molar-refractivity contribution < 1.29 is 0 Å². The van der Waals surface area contributed by atoms with Crippen molar-refractivity contribution in [2.45, 2.75) is 92.9 Å². The van der Waals surface area contributed by atoms with Crippen molar-refractivity contribution in [2.24, 2.45) is 40.9 Å². The second kappa shape index (κ2) is 9.40. The van der Waals surface area contributed by atoms with Gasteiger partial charge in [-0.25, -0.2) is 0 Å². The van der Waals surface area contributed by atoms with Gasteiger partial charge in [-0.05, 0) is 78.6 Å². The Morgan fingerprint density at radius 2 is 1.90 bits per heavy atom. The maximum absolute atomic E-state index is 4.29. The van der Waals surface area contributed by atoms with E-state index in [0.717, 1.165) is 30.1 Å². The molecule has 0 bridgehead atoms. The lowest BCUT2D eigenvalue weighted by molar-refractivity contribution is 0.107. The molecule has 29 heavy (non-hydrogen) atoms.